The number of aliphatic hydroxyl groups excluding tert-OH is 1. The summed E-state index contributed by atoms with van der Waals surface area (Å²) in [6, 6.07) is 6.30. The van der Waals surface area contributed by atoms with Gasteiger partial charge in [-0.25, -0.2) is 0 Å². The fourth-order valence-corrected chi connectivity index (χ4v) is 1.66. The zero-order valence-electron chi connectivity index (χ0n) is 13.0. The summed E-state index contributed by atoms with van der Waals surface area (Å²) in [4.78, 5) is 23.9. The lowest BCUT2D eigenvalue weighted by molar-refractivity contribution is -0.129. The molecule has 1 aromatic rings. The molecule has 0 saturated heterocycles. The predicted molar refractivity (Wildman–Crippen MR) is 82.6 cm³/mol. The third-order valence-corrected chi connectivity index (χ3v) is 3.57. The van der Waals surface area contributed by atoms with E-state index in [1.165, 1.54) is 0 Å². The lowest BCUT2D eigenvalue weighted by Gasteiger charge is -2.19. The van der Waals surface area contributed by atoms with Gasteiger partial charge < -0.3 is 15.7 Å². The van der Waals surface area contributed by atoms with Crippen LogP contribution < -0.4 is 10.6 Å². The second-order valence-corrected chi connectivity index (χ2v) is 5.61. The van der Waals surface area contributed by atoms with Crippen LogP contribution in [0.4, 0.5) is 5.69 Å². The van der Waals surface area contributed by atoms with E-state index in [-0.39, 0.29) is 30.3 Å². The Bertz CT molecular complexity index is 483. The van der Waals surface area contributed by atoms with Crippen molar-refractivity contribution < 1.29 is 14.7 Å². The van der Waals surface area contributed by atoms with Crippen LogP contribution >= 0.6 is 0 Å². The Hall–Kier alpha value is -1.88. The van der Waals surface area contributed by atoms with Gasteiger partial charge in [-0.05, 0) is 30.5 Å². The molecule has 0 spiro atoms. The van der Waals surface area contributed by atoms with Gasteiger partial charge in [-0.3, -0.25) is 9.59 Å². The Morgan fingerprint density at radius 3 is 2.10 bits per heavy atom. The lowest BCUT2D eigenvalue weighted by atomic mass is 9.97. The van der Waals surface area contributed by atoms with Gasteiger partial charge in [0.25, 0.3) is 0 Å². The fraction of sp³-hybridized carbons (Fsp3) is 0.500. The molecule has 0 heterocycles. The molecule has 0 aliphatic rings. The molecule has 1 aromatic carbocycles. The molecule has 0 saturated carbocycles. The third-order valence-electron chi connectivity index (χ3n) is 3.57. The average molecular weight is 292 g/mol. The highest BCUT2D eigenvalue weighted by atomic mass is 16.3. The summed E-state index contributed by atoms with van der Waals surface area (Å²) in [5.41, 5.74) is 1.41. The van der Waals surface area contributed by atoms with Gasteiger partial charge in [0.1, 0.15) is 6.04 Å². The van der Waals surface area contributed by atoms with Crippen LogP contribution in [0.3, 0.4) is 0 Å². The number of amides is 2. The third kappa shape index (κ3) is 5.19. The zero-order chi connectivity index (χ0) is 16.0. The number of hydrogen-bond acceptors (Lipinski definition) is 3. The monoisotopic (exact) mass is 292 g/mol. The van der Waals surface area contributed by atoms with E-state index in [9.17, 15) is 9.59 Å². The minimum absolute atomic E-state index is 0.0340. The van der Waals surface area contributed by atoms with Crippen molar-refractivity contribution in [3.63, 3.8) is 0 Å². The Labute approximate surface area is 125 Å². The van der Waals surface area contributed by atoms with Gasteiger partial charge in [0.15, 0.2) is 0 Å². The van der Waals surface area contributed by atoms with E-state index in [2.05, 4.69) is 10.6 Å². The van der Waals surface area contributed by atoms with Crippen molar-refractivity contribution in [2.75, 3.05) is 5.32 Å². The molecule has 5 heteroatoms. The Balaban J connectivity index is 2.56. The largest absolute Gasteiger partial charge is 0.392 e. The molecular weight excluding hydrogens is 268 g/mol. The van der Waals surface area contributed by atoms with Gasteiger partial charge in [0, 0.05) is 11.6 Å². The molecule has 5 nitrogen and oxygen atoms in total. The topological polar surface area (TPSA) is 78.4 Å². The second kappa shape index (κ2) is 7.78. The quantitative estimate of drug-likeness (QED) is 0.749. The summed E-state index contributed by atoms with van der Waals surface area (Å²) in [5.74, 6) is -0.297. The number of carbonyl (C=O) groups is 2. The number of benzene rings is 1. The second-order valence-electron chi connectivity index (χ2n) is 5.61. The van der Waals surface area contributed by atoms with E-state index in [0.29, 0.717) is 5.69 Å². The summed E-state index contributed by atoms with van der Waals surface area (Å²) in [5, 5.41) is 14.4. The van der Waals surface area contributed by atoms with Crippen molar-refractivity contribution in [3.05, 3.63) is 29.8 Å². The minimum atomic E-state index is -0.601. The number of hydrogen-bond donors (Lipinski definition) is 3. The molecule has 21 heavy (non-hydrogen) atoms. The maximum absolute atomic E-state index is 12.0. The lowest BCUT2D eigenvalue weighted by Crippen LogP contribution is -2.44. The Kier molecular flexibility index (Phi) is 6.37. The summed E-state index contributed by atoms with van der Waals surface area (Å²) in [7, 11) is 0. The molecule has 2 atom stereocenters. The van der Waals surface area contributed by atoms with Gasteiger partial charge in [0.05, 0.1) is 6.61 Å². The molecule has 0 radical (unpaired) electrons. The molecule has 0 aromatic heterocycles. The van der Waals surface area contributed by atoms with Gasteiger partial charge in [0.2, 0.25) is 11.8 Å². The average Bonchev–Trinajstić information content (AvgIpc) is 2.46. The first kappa shape index (κ1) is 17.2. The number of rotatable bonds is 6. The van der Waals surface area contributed by atoms with Gasteiger partial charge in [-0.15, -0.1) is 0 Å². The maximum Gasteiger partial charge on any atom is 0.246 e. The van der Waals surface area contributed by atoms with E-state index in [4.69, 9.17) is 5.11 Å². The summed E-state index contributed by atoms with van der Waals surface area (Å²) < 4.78 is 0. The molecule has 0 bridgehead atoms. The van der Waals surface area contributed by atoms with Crippen LogP contribution in [0.15, 0.2) is 24.3 Å². The van der Waals surface area contributed by atoms with Crippen LogP contribution in [0.2, 0.25) is 0 Å². The van der Waals surface area contributed by atoms with Crippen LogP contribution in [0.25, 0.3) is 0 Å². The van der Waals surface area contributed by atoms with Crippen molar-refractivity contribution in [3.8, 4) is 0 Å². The van der Waals surface area contributed by atoms with E-state index in [1.54, 1.807) is 31.2 Å². The van der Waals surface area contributed by atoms with Crippen molar-refractivity contribution in [1.29, 1.82) is 0 Å². The Morgan fingerprint density at radius 2 is 1.62 bits per heavy atom. The number of aliphatic hydroxyl groups is 1. The number of nitrogens with one attached hydrogen (secondary N) is 2. The normalized spacial score (nSPS) is 13.6. The van der Waals surface area contributed by atoms with E-state index in [0.717, 1.165) is 5.56 Å². The molecule has 0 unspecified atom stereocenters. The fourth-order valence-electron chi connectivity index (χ4n) is 1.66. The van der Waals surface area contributed by atoms with E-state index in [1.807, 2.05) is 20.8 Å². The van der Waals surface area contributed by atoms with Crippen molar-refractivity contribution in [2.24, 2.45) is 11.8 Å². The van der Waals surface area contributed by atoms with Crippen LogP contribution in [0.1, 0.15) is 33.3 Å². The van der Waals surface area contributed by atoms with Crippen LogP contribution in [0.5, 0.6) is 0 Å². The summed E-state index contributed by atoms with van der Waals surface area (Å²) in [6.07, 6.45) is 0. The molecule has 116 valence electrons. The highest BCUT2D eigenvalue weighted by Crippen LogP contribution is 2.11. The zero-order valence-corrected chi connectivity index (χ0v) is 13.0. The van der Waals surface area contributed by atoms with Crippen molar-refractivity contribution in [2.45, 2.75) is 40.3 Å². The highest BCUT2D eigenvalue weighted by Gasteiger charge is 2.21. The molecule has 0 fully saturated rings. The number of anilines is 1. The van der Waals surface area contributed by atoms with Crippen LogP contribution in [-0.4, -0.2) is 23.0 Å². The standard InChI is InChI=1S/C16H24N2O3/c1-10(2)11(3)15(20)17-12(4)16(21)18-14-7-5-13(9-19)6-8-14/h5-8,10-12,19H,9H2,1-4H3,(H,17,20)(H,18,21)/t11-,12-/m0/s1. The van der Waals surface area contributed by atoms with Crippen molar-refractivity contribution in [1.82, 2.24) is 5.32 Å². The van der Waals surface area contributed by atoms with Gasteiger partial charge in [-0.1, -0.05) is 32.9 Å². The first-order chi connectivity index (χ1) is 9.85. The summed E-state index contributed by atoms with van der Waals surface area (Å²) in [6.45, 7) is 7.41. The molecule has 1 rings (SSSR count). The van der Waals surface area contributed by atoms with Crippen LogP contribution in [0, 0.1) is 11.8 Å². The molecular formula is C16H24N2O3. The maximum atomic E-state index is 12.0. The minimum Gasteiger partial charge on any atom is -0.392 e. The highest BCUT2D eigenvalue weighted by molar-refractivity contribution is 5.97. The smallest absolute Gasteiger partial charge is 0.246 e. The molecule has 3 N–H and O–H groups in total. The first-order valence-electron chi connectivity index (χ1n) is 7.16. The SMILES string of the molecule is CC(C)[C@H](C)C(=O)N[C@@H](C)C(=O)Nc1ccc(CO)cc1. The van der Waals surface area contributed by atoms with Crippen molar-refractivity contribution >= 4 is 17.5 Å². The molecule has 0 aliphatic heterocycles. The summed E-state index contributed by atoms with van der Waals surface area (Å²) >= 11 is 0. The molecule has 2 amide bonds. The first-order valence-corrected chi connectivity index (χ1v) is 7.16. The Morgan fingerprint density at radius 1 is 1.05 bits per heavy atom. The van der Waals surface area contributed by atoms with Gasteiger partial charge in [-0.2, -0.15) is 0 Å². The molecule has 0 aliphatic carbocycles. The number of carbonyl (C=O) groups excluding carboxylic acids is 2. The van der Waals surface area contributed by atoms with E-state index < -0.39 is 6.04 Å². The van der Waals surface area contributed by atoms with Crippen LogP contribution in [-0.2, 0) is 16.2 Å². The predicted octanol–water partition coefficient (Wildman–Crippen LogP) is 1.91. The van der Waals surface area contributed by atoms with E-state index >= 15 is 0 Å². The van der Waals surface area contributed by atoms with Gasteiger partial charge >= 0.3 is 0 Å².